The molecule has 1 aliphatic carbocycles. The molecule has 7 nitrogen and oxygen atoms in total. The van der Waals surface area contributed by atoms with Gasteiger partial charge in [-0.05, 0) is 5.92 Å². The molecule has 0 aromatic heterocycles. The van der Waals surface area contributed by atoms with Crippen LogP contribution in [0.15, 0.2) is 0 Å². The van der Waals surface area contributed by atoms with E-state index in [-0.39, 0.29) is 38.6 Å². The Morgan fingerprint density at radius 1 is 1.25 bits per heavy atom. The maximum absolute atomic E-state index is 8.63. The number of nitrogens with one attached hydrogen (secondary N) is 2. The second-order valence-electron chi connectivity index (χ2n) is 3.56. The summed E-state index contributed by atoms with van der Waals surface area (Å²) in [6.07, 6.45) is 3.03. The largest absolute Gasteiger partial charge is 2.00 e. The number of hydrogen-bond acceptors (Lipinski definition) is 3. The molecule has 0 bridgehead atoms. The van der Waals surface area contributed by atoms with E-state index in [2.05, 4.69) is 6.92 Å². The molecule has 0 aliphatic heterocycles. The molecular formula is C7H17N2O5PtS-. The van der Waals surface area contributed by atoms with Crippen LogP contribution in [0.5, 0.6) is 0 Å². The fourth-order valence-electron chi connectivity index (χ4n) is 1.38. The van der Waals surface area contributed by atoms with Crippen LogP contribution in [0.4, 0.5) is 0 Å². The summed E-state index contributed by atoms with van der Waals surface area (Å²) in [5.74, 6) is 0.689. The van der Waals surface area contributed by atoms with Gasteiger partial charge in [0.15, 0.2) is 0 Å². The van der Waals surface area contributed by atoms with Gasteiger partial charge in [0.05, 0.1) is 0 Å². The van der Waals surface area contributed by atoms with Crippen molar-refractivity contribution in [2.75, 3.05) is 0 Å². The molecule has 102 valence electrons. The number of hydrogen-bond donors (Lipinski definition) is 1. The third-order valence-electron chi connectivity index (χ3n) is 2.11. The molecular weight excluding hydrogens is 419 g/mol. The van der Waals surface area contributed by atoms with Gasteiger partial charge < -0.3 is 21.5 Å². The molecule has 0 aromatic rings. The molecule has 9 heteroatoms. The van der Waals surface area contributed by atoms with Crippen LogP contribution in [0.2, 0.25) is 0 Å². The molecule has 0 spiro atoms. The van der Waals surface area contributed by atoms with Crippen molar-refractivity contribution in [1.29, 1.82) is 0 Å². The molecule has 16 heavy (non-hydrogen) atoms. The Morgan fingerprint density at radius 3 is 1.88 bits per heavy atom. The molecule has 5 N–H and O–H groups in total. The Morgan fingerprint density at radius 2 is 1.62 bits per heavy atom. The summed E-state index contributed by atoms with van der Waals surface area (Å²) in [5.41, 5.74) is 14.8. The van der Waals surface area contributed by atoms with Gasteiger partial charge in [-0.15, -0.1) is 0 Å². The first-order chi connectivity index (χ1) is 6.20. The van der Waals surface area contributed by atoms with Gasteiger partial charge in [-0.3, -0.25) is 4.55 Å². The maximum Gasteiger partial charge on any atom is 2.00 e. The summed E-state index contributed by atoms with van der Waals surface area (Å²) in [5, 5.41) is 0. The van der Waals surface area contributed by atoms with Crippen LogP contribution in [0.1, 0.15) is 26.2 Å². The van der Waals surface area contributed by atoms with Crippen LogP contribution in [0.3, 0.4) is 0 Å². The van der Waals surface area contributed by atoms with Gasteiger partial charge in [0.1, 0.15) is 0 Å². The topological polar surface area (TPSA) is 157 Å². The fraction of sp³-hybridized carbons (Fsp3) is 1.00. The van der Waals surface area contributed by atoms with E-state index in [0.29, 0.717) is 5.92 Å². The first-order valence-electron chi connectivity index (χ1n) is 4.30. The molecule has 3 atom stereocenters. The van der Waals surface area contributed by atoms with Crippen LogP contribution in [0, 0.1) is 5.92 Å². The second kappa shape index (κ2) is 9.47. The minimum absolute atomic E-state index is 0. The zero-order valence-corrected chi connectivity index (χ0v) is 11.8. The zero-order chi connectivity index (χ0) is 11.4. The van der Waals surface area contributed by atoms with Crippen LogP contribution < -0.4 is 0 Å². The predicted molar refractivity (Wildman–Crippen MR) is 55.2 cm³/mol. The van der Waals surface area contributed by atoms with Gasteiger partial charge in [-0.25, -0.2) is 8.42 Å². The van der Waals surface area contributed by atoms with Crippen molar-refractivity contribution < 1.29 is 44.1 Å². The Balaban J connectivity index is -0.000000214. The molecule has 0 amide bonds. The van der Waals surface area contributed by atoms with Gasteiger partial charge in [0, 0.05) is 0 Å². The van der Waals surface area contributed by atoms with E-state index in [0.717, 1.165) is 19.3 Å². The van der Waals surface area contributed by atoms with Crippen molar-refractivity contribution in [2.24, 2.45) is 5.92 Å². The summed E-state index contributed by atoms with van der Waals surface area (Å²) in [6.45, 7) is 2.17. The smallest absolute Gasteiger partial charge is 0.726 e. The van der Waals surface area contributed by atoms with E-state index in [1.54, 1.807) is 0 Å². The maximum atomic E-state index is 8.63. The Kier molecular flexibility index (Phi) is 12.8. The van der Waals surface area contributed by atoms with E-state index in [9.17, 15) is 0 Å². The van der Waals surface area contributed by atoms with Gasteiger partial charge >= 0.3 is 21.1 Å². The van der Waals surface area contributed by atoms with Crippen molar-refractivity contribution in [3.63, 3.8) is 0 Å². The van der Waals surface area contributed by atoms with Gasteiger partial charge in [-0.2, -0.15) is 12.1 Å². The SMILES string of the molecule is CC1CCC([NH-])C([NH-])C1.O.O=S(=O)([O-])O.[Pt+2]. The van der Waals surface area contributed by atoms with Crippen LogP contribution >= 0.6 is 0 Å². The van der Waals surface area contributed by atoms with Crippen LogP contribution in [0.25, 0.3) is 11.5 Å². The summed E-state index contributed by atoms with van der Waals surface area (Å²) in [6, 6.07) is -0.199. The molecule has 1 fully saturated rings. The van der Waals surface area contributed by atoms with Crippen molar-refractivity contribution in [3.8, 4) is 0 Å². The Bertz CT molecular complexity index is 254. The van der Waals surface area contributed by atoms with E-state index < -0.39 is 10.4 Å². The monoisotopic (exact) mass is 436 g/mol. The zero-order valence-electron chi connectivity index (χ0n) is 8.75. The van der Waals surface area contributed by atoms with Gasteiger partial charge in [0.2, 0.25) is 10.4 Å². The van der Waals surface area contributed by atoms with Crippen molar-refractivity contribution in [1.82, 2.24) is 0 Å². The summed E-state index contributed by atoms with van der Waals surface area (Å²) in [4.78, 5) is 0. The Hall–Kier alpha value is 0.438. The number of rotatable bonds is 0. The van der Waals surface area contributed by atoms with Crippen LogP contribution in [-0.4, -0.2) is 35.1 Å². The molecule has 0 radical (unpaired) electrons. The molecule has 3 unspecified atom stereocenters. The van der Waals surface area contributed by atoms with E-state index in [4.69, 9.17) is 29.0 Å². The molecule has 1 rings (SSSR count). The predicted octanol–water partition coefficient (Wildman–Crippen LogP) is 0.825. The molecule has 1 aliphatic rings. The van der Waals surface area contributed by atoms with Crippen molar-refractivity contribution in [3.05, 3.63) is 11.5 Å². The minimum Gasteiger partial charge on any atom is -0.726 e. The standard InChI is InChI=1S/C7H14N2.H2O4S.H2O.Pt/c1-5-2-3-6(8)7(9)4-5;1-5(2,3)4;;/h5-9H,2-4H2,1H3;(H2,1,2,3,4);1H2;/q-2;;;+2/p-1. The van der Waals surface area contributed by atoms with Gasteiger partial charge in [-0.1, -0.05) is 26.2 Å². The third-order valence-corrected chi connectivity index (χ3v) is 2.11. The summed E-state index contributed by atoms with van der Waals surface area (Å²) >= 11 is 0. The fourth-order valence-corrected chi connectivity index (χ4v) is 1.38. The van der Waals surface area contributed by atoms with Crippen molar-refractivity contribution >= 4 is 10.4 Å². The molecule has 0 saturated heterocycles. The third kappa shape index (κ3) is 14.4. The molecule has 1 saturated carbocycles. The first kappa shape index (κ1) is 21.7. The van der Waals surface area contributed by atoms with E-state index >= 15 is 0 Å². The van der Waals surface area contributed by atoms with E-state index in [1.807, 2.05) is 0 Å². The molecule has 0 aromatic carbocycles. The van der Waals surface area contributed by atoms with Gasteiger partial charge in [0.25, 0.3) is 0 Å². The molecule has 0 heterocycles. The summed E-state index contributed by atoms with van der Waals surface area (Å²) < 4.78 is 32.8. The minimum atomic E-state index is -4.92. The quantitative estimate of drug-likeness (QED) is 0.441. The summed E-state index contributed by atoms with van der Waals surface area (Å²) in [7, 11) is -4.92. The normalized spacial score (nSPS) is 28.9. The first-order valence-corrected chi connectivity index (χ1v) is 5.67. The Labute approximate surface area is 110 Å². The second-order valence-corrected chi connectivity index (χ2v) is 4.41. The van der Waals surface area contributed by atoms with E-state index in [1.165, 1.54) is 0 Å². The van der Waals surface area contributed by atoms with Crippen LogP contribution in [-0.2, 0) is 31.5 Å². The average Bonchev–Trinajstić information content (AvgIpc) is 1.94. The van der Waals surface area contributed by atoms with Crippen molar-refractivity contribution in [2.45, 2.75) is 38.3 Å². The average molecular weight is 436 g/mol.